The average molecular weight is 409 g/mol. The second-order valence-electron chi connectivity index (χ2n) is 6.43. The Labute approximate surface area is 169 Å². The Morgan fingerprint density at radius 3 is 2.81 bits per heavy atom. The van der Waals surface area contributed by atoms with Gasteiger partial charge in [-0.1, -0.05) is 29.3 Å². The third kappa shape index (κ3) is 5.56. The highest BCUT2D eigenvalue weighted by atomic mass is 35.5. The van der Waals surface area contributed by atoms with Gasteiger partial charge in [0.1, 0.15) is 0 Å². The average Bonchev–Trinajstić information content (AvgIpc) is 2.69. The summed E-state index contributed by atoms with van der Waals surface area (Å²) in [6.45, 7) is 3.41. The minimum atomic E-state index is -0.175. The summed E-state index contributed by atoms with van der Waals surface area (Å²) in [4.78, 5) is 20.1. The van der Waals surface area contributed by atoms with Gasteiger partial charge in [-0.25, -0.2) is 4.79 Å². The topological polar surface area (TPSA) is 57.7 Å². The van der Waals surface area contributed by atoms with Crippen LogP contribution in [0, 0.1) is 0 Å². The number of aromatic nitrogens is 1. The van der Waals surface area contributed by atoms with E-state index in [4.69, 9.17) is 27.9 Å². The fourth-order valence-electron chi connectivity index (χ4n) is 2.95. The molecule has 2 aromatic rings. The molecule has 1 N–H and O–H groups in total. The lowest BCUT2D eigenvalue weighted by Gasteiger charge is -2.33. The SMILES string of the molecule is CN(C(=O)NCC1CN(Cc2ccc(Cl)c(Cl)c2)CCO1)c1ccncc1. The molecule has 1 saturated heterocycles. The number of urea groups is 1. The number of benzene rings is 1. The van der Waals surface area contributed by atoms with Gasteiger partial charge in [-0.3, -0.25) is 14.8 Å². The predicted octanol–water partition coefficient (Wildman–Crippen LogP) is 3.44. The minimum absolute atomic E-state index is 0.0590. The van der Waals surface area contributed by atoms with Gasteiger partial charge in [0, 0.05) is 51.3 Å². The number of pyridine rings is 1. The van der Waals surface area contributed by atoms with Crippen LogP contribution in [-0.4, -0.2) is 55.3 Å². The molecule has 0 bridgehead atoms. The summed E-state index contributed by atoms with van der Waals surface area (Å²) in [7, 11) is 1.73. The summed E-state index contributed by atoms with van der Waals surface area (Å²) in [5, 5.41) is 4.05. The van der Waals surface area contributed by atoms with E-state index in [2.05, 4.69) is 15.2 Å². The number of nitrogens with zero attached hydrogens (tertiary/aromatic N) is 3. The van der Waals surface area contributed by atoms with Crippen LogP contribution >= 0.6 is 23.2 Å². The van der Waals surface area contributed by atoms with Crippen LogP contribution < -0.4 is 10.2 Å². The van der Waals surface area contributed by atoms with Crippen LogP contribution in [0.5, 0.6) is 0 Å². The predicted molar refractivity (Wildman–Crippen MR) is 108 cm³/mol. The van der Waals surface area contributed by atoms with Crippen molar-refractivity contribution in [3.8, 4) is 0 Å². The van der Waals surface area contributed by atoms with Gasteiger partial charge in [-0.05, 0) is 29.8 Å². The van der Waals surface area contributed by atoms with Crippen molar-refractivity contribution in [2.75, 3.05) is 38.2 Å². The van der Waals surface area contributed by atoms with Gasteiger partial charge < -0.3 is 10.1 Å². The summed E-state index contributed by atoms with van der Waals surface area (Å²) in [5.41, 5.74) is 1.89. The Morgan fingerprint density at radius 1 is 1.30 bits per heavy atom. The van der Waals surface area contributed by atoms with E-state index in [1.807, 2.05) is 18.2 Å². The molecule has 2 heterocycles. The van der Waals surface area contributed by atoms with Crippen molar-refractivity contribution in [2.45, 2.75) is 12.6 Å². The number of hydrogen-bond acceptors (Lipinski definition) is 4. The molecule has 0 saturated carbocycles. The quantitative estimate of drug-likeness (QED) is 0.822. The molecular weight excluding hydrogens is 387 g/mol. The van der Waals surface area contributed by atoms with Gasteiger partial charge in [0.25, 0.3) is 0 Å². The summed E-state index contributed by atoms with van der Waals surface area (Å²) in [5.74, 6) is 0. The Morgan fingerprint density at radius 2 is 2.07 bits per heavy atom. The van der Waals surface area contributed by atoms with E-state index in [9.17, 15) is 4.79 Å². The van der Waals surface area contributed by atoms with Crippen LogP contribution in [0.15, 0.2) is 42.7 Å². The number of rotatable bonds is 5. The number of halogens is 2. The van der Waals surface area contributed by atoms with Crippen LogP contribution in [0.2, 0.25) is 10.0 Å². The largest absolute Gasteiger partial charge is 0.374 e. The summed E-state index contributed by atoms with van der Waals surface area (Å²) in [6.07, 6.45) is 3.26. The number of amides is 2. The first-order valence-electron chi connectivity index (χ1n) is 8.72. The first kappa shape index (κ1) is 19.9. The van der Waals surface area contributed by atoms with Crippen LogP contribution in [0.1, 0.15) is 5.56 Å². The van der Waals surface area contributed by atoms with Crippen LogP contribution in [-0.2, 0) is 11.3 Å². The number of morpholine rings is 1. The lowest BCUT2D eigenvalue weighted by atomic mass is 10.2. The normalized spacial score (nSPS) is 17.5. The molecule has 1 atom stereocenters. The summed E-state index contributed by atoms with van der Waals surface area (Å²) < 4.78 is 5.79. The molecule has 3 rings (SSSR count). The zero-order valence-corrected chi connectivity index (χ0v) is 16.6. The van der Waals surface area contributed by atoms with E-state index < -0.39 is 0 Å². The molecule has 1 aromatic carbocycles. The van der Waals surface area contributed by atoms with Gasteiger partial charge in [-0.2, -0.15) is 0 Å². The molecule has 0 aliphatic carbocycles. The second kappa shape index (κ2) is 9.37. The minimum Gasteiger partial charge on any atom is -0.374 e. The number of anilines is 1. The number of ether oxygens (including phenoxy) is 1. The maximum atomic E-state index is 12.3. The van der Waals surface area contributed by atoms with Crippen molar-refractivity contribution in [2.24, 2.45) is 0 Å². The molecule has 1 aliphatic heterocycles. The first-order chi connectivity index (χ1) is 13.0. The lowest BCUT2D eigenvalue weighted by molar-refractivity contribution is -0.0286. The molecule has 2 amide bonds. The number of hydrogen-bond donors (Lipinski definition) is 1. The van der Waals surface area contributed by atoms with Crippen molar-refractivity contribution in [1.29, 1.82) is 0 Å². The third-order valence-corrected chi connectivity index (χ3v) is 5.19. The smallest absolute Gasteiger partial charge is 0.321 e. The molecule has 1 aliphatic rings. The maximum Gasteiger partial charge on any atom is 0.321 e. The van der Waals surface area contributed by atoms with E-state index >= 15 is 0 Å². The van der Waals surface area contributed by atoms with Crippen molar-refractivity contribution in [3.05, 3.63) is 58.3 Å². The zero-order chi connectivity index (χ0) is 19.2. The van der Waals surface area contributed by atoms with E-state index in [0.29, 0.717) is 23.2 Å². The van der Waals surface area contributed by atoms with Gasteiger partial charge >= 0.3 is 6.03 Å². The van der Waals surface area contributed by atoms with Crippen molar-refractivity contribution in [3.63, 3.8) is 0 Å². The Balaban J connectivity index is 1.49. The van der Waals surface area contributed by atoms with Crippen molar-refractivity contribution < 1.29 is 9.53 Å². The van der Waals surface area contributed by atoms with Gasteiger partial charge in [0.05, 0.1) is 22.8 Å². The fourth-order valence-corrected chi connectivity index (χ4v) is 3.27. The number of nitrogens with one attached hydrogen (secondary N) is 1. The van der Waals surface area contributed by atoms with Gasteiger partial charge in [0.15, 0.2) is 0 Å². The van der Waals surface area contributed by atoms with Crippen LogP contribution in [0.4, 0.5) is 10.5 Å². The van der Waals surface area contributed by atoms with E-state index in [0.717, 1.165) is 30.9 Å². The summed E-state index contributed by atoms with van der Waals surface area (Å²) >= 11 is 12.1. The molecule has 1 fully saturated rings. The molecule has 27 heavy (non-hydrogen) atoms. The molecule has 8 heteroatoms. The third-order valence-electron chi connectivity index (χ3n) is 4.45. The molecule has 1 unspecified atom stereocenters. The molecule has 0 spiro atoms. The van der Waals surface area contributed by atoms with Crippen LogP contribution in [0.25, 0.3) is 0 Å². The molecular formula is C19H22Cl2N4O2. The Hall–Kier alpha value is -1.86. The monoisotopic (exact) mass is 408 g/mol. The highest BCUT2D eigenvalue weighted by Gasteiger charge is 2.22. The van der Waals surface area contributed by atoms with Crippen molar-refractivity contribution in [1.82, 2.24) is 15.2 Å². The van der Waals surface area contributed by atoms with E-state index in [-0.39, 0.29) is 12.1 Å². The standard InChI is InChI=1S/C19H22Cl2N4O2/c1-24(15-4-6-22-7-5-15)19(26)23-11-16-13-25(8-9-27-16)12-14-2-3-17(20)18(21)10-14/h2-7,10,16H,8-9,11-13H2,1H3,(H,23,26). The molecule has 144 valence electrons. The fraction of sp³-hybridized carbons (Fsp3) is 0.368. The number of carbonyl (C=O) groups excluding carboxylic acids is 1. The first-order valence-corrected chi connectivity index (χ1v) is 9.48. The summed E-state index contributed by atoms with van der Waals surface area (Å²) in [6, 6.07) is 9.08. The lowest BCUT2D eigenvalue weighted by Crippen LogP contribution is -2.49. The molecule has 0 radical (unpaired) electrons. The van der Waals surface area contributed by atoms with Gasteiger partial charge in [0.2, 0.25) is 0 Å². The van der Waals surface area contributed by atoms with Crippen molar-refractivity contribution >= 4 is 34.9 Å². The highest BCUT2D eigenvalue weighted by molar-refractivity contribution is 6.42. The zero-order valence-electron chi connectivity index (χ0n) is 15.1. The number of carbonyl (C=O) groups is 1. The Bertz CT molecular complexity index is 776. The second-order valence-corrected chi connectivity index (χ2v) is 7.24. The highest BCUT2D eigenvalue weighted by Crippen LogP contribution is 2.23. The molecule has 6 nitrogen and oxygen atoms in total. The molecule has 1 aromatic heterocycles. The van der Waals surface area contributed by atoms with Crippen LogP contribution in [0.3, 0.4) is 0 Å². The maximum absolute atomic E-state index is 12.3. The van der Waals surface area contributed by atoms with E-state index in [1.54, 1.807) is 36.5 Å². The van der Waals surface area contributed by atoms with E-state index in [1.165, 1.54) is 0 Å². The van der Waals surface area contributed by atoms with Gasteiger partial charge in [-0.15, -0.1) is 0 Å². The Kier molecular flexibility index (Phi) is 6.90.